The van der Waals surface area contributed by atoms with E-state index in [9.17, 15) is 0 Å². The quantitative estimate of drug-likeness (QED) is 0.840. The van der Waals surface area contributed by atoms with Gasteiger partial charge in [-0.3, -0.25) is 0 Å². The van der Waals surface area contributed by atoms with Crippen LogP contribution in [0.2, 0.25) is 5.02 Å². The molecule has 1 saturated heterocycles. The molecule has 1 aromatic rings. The van der Waals surface area contributed by atoms with E-state index in [2.05, 4.69) is 28.8 Å². The van der Waals surface area contributed by atoms with Crippen molar-refractivity contribution in [3.63, 3.8) is 0 Å². The van der Waals surface area contributed by atoms with Gasteiger partial charge < -0.3 is 14.5 Å². The molecule has 3 rings (SSSR count). The third-order valence-corrected chi connectivity index (χ3v) is 4.37. The molecule has 0 unspecified atom stereocenters. The summed E-state index contributed by atoms with van der Waals surface area (Å²) < 4.78 is 5.82. The molecule has 112 valence electrons. The second-order valence-electron chi connectivity index (χ2n) is 5.57. The lowest BCUT2D eigenvalue weighted by atomic mass is 10.1. The van der Waals surface area contributed by atoms with E-state index in [4.69, 9.17) is 16.3 Å². The lowest BCUT2D eigenvalue weighted by Gasteiger charge is -2.43. The van der Waals surface area contributed by atoms with Gasteiger partial charge in [-0.25, -0.2) is 4.99 Å². The zero-order valence-electron chi connectivity index (χ0n) is 12.4. The lowest BCUT2D eigenvalue weighted by molar-refractivity contribution is 0.133. The van der Waals surface area contributed by atoms with Crippen molar-refractivity contribution in [2.75, 3.05) is 20.3 Å². The van der Waals surface area contributed by atoms with Crippen LogP contribution in [0.5, 0.6) is 0 Å². The number of hydrogen-bond acceptors (Lipinski definition) is 4. The molecule has 5 heteroatoms. The van der Waals surface area contributed by atoms with E-state index >= 15 is 0 Å². The fourth-order valence-corrected chi connectivity index (χ4v) is 2.70. The van der Waals surface area contributed by atoms with Gasteiger partial charge in [0.25, 0.3) is 0 Å². The minimum absolute atomic E-state index is 0.513. The Balaban J connectivity index is 1.65. The highest BCUT2D eigenvalue weighted by molar-refractivity contribution is 6.30. The van der Waals surface area contributed by atoms with Crippen LogP contribution in [0.25, 0.3) is 0 Å². The van der Waals surface area contributed by atoms with Gasteiger partial charge in [0.2, 0.25) is 5.90 Å². The zero-order chi connectivity index (χ0) is 14.8. The van der Waals surface area contributed by atoms with Gasteiger partial charge in [0.05, 0.1) is 0 Å². The van der Waals surface area contributed by atoms with Crippen molar-refractivity contribution >= 4 is 17.5 Å². The highest BCUT2D eigenvalue weighted by atomic mass is 35.5. The van der Waals surface area contributed by atoms with Crippen LogP contribution in [0.1, 0.15) is 18.9 Å². The fraction of sp³-hybridized carbons (Fsp3) is 0.438. The van der Waals surface area contributed by atoms with Gasteiger partial charge in [-0.15, -0.1) is 0 Å². The maximum absolute atomic E-state index is 5.88. The average molecular weight is 306 g/mol. The molecule has 2 aliphatic heterocycles. The summed E-state index contributed by atoms with van der Waals surface area (Å²) in [5.74, 6) is 1.91. The van der Waals surface area contributed by atoms with Gasteiger partial charge >= 0.3 is 0 Å². The SMILES string of the molecule is C[C@@H]1CCN2CN=C(OCc3ccc(Cl)cc3)C=C2N1C. The van der Waals surface area contributed by atoms with Crippen LogP contribution < -0.4 is 0 Å². The molecule has 1 aromatic carbocycles. The van der Waals surface area contributed by atoms with Crippen molar-refractivity contribution in [3.8, 4) is 0 Å². The second-order valence-corrected chi connectivity index (χ2v) is 6.00. The monoisotopic (exact) mass is 305 g/mol. The summed E-state index contributed by atoms with van der Waals surface area (Å²) in [6, 6.07) is 8.25. The van der Waals surface area contributed by atoms with E-state index in [-0.39, 0.29) is 0 Å². The molecule has 0 N–H and O–H groups in total. The van der Waals surface area contributed by atoms with Crippen molar-refractivity contribution in [2.45, 2.75) is 26.0 Å². The first-order valence-electron chi connectivity index (χ1n) is 7.24. The first-order chi connectivity index (χ1) is 10.1. The normalized spacial score (nSPS) is 21.6. The third-order valence-electron chi connectivity index (χ3n) is 4.11. The third kappa shape index (κ3) is 3.16. The highest BCUT2D eigenvalue weighted by Gasteiger charge is 2.27. The Kier molecular flexibility index (Phi) is 4.06. The molecule has 0 aromatic heterocycles. The number of rotatable bonds is 2. The molecule has 0 amide bonds. The number of hydrogen-bond donors (Lipinski definition) is 0. The summed E-state index contributed by atoms with van der Waals surface area (Å²) in [6.07, 6.45) is 3.21. The first-order valence-corrected chi connectivity index (χ1v) is 7.62. The molecule has 4 nitrogen and oxygen atoms in total. The van der Waals surface area contributed by atoms with Gasteiger partial charge in [-0.05, 0) is 31.0 Å². The topological polar surface area (TPSA) is 28.1 Å². The van der Waals surface area contributed by atoms with E-state index in [1.165, 1.54) is 12.2 Å². The molecule has 0 radical (unpaired) electrons. The Morgan fingerprint density at radius 2 is 2.10 bits per heavy atom. The number of halogens is 1. The summed E-state index contributed by atoms with van der Waals surface area (Å²) >= 11 is 5.88. The summed E-state index contributed by atoms with van der Waals surface area (Å²) in [4.78, 5) is 9.08. The smallest absolute Gasteiger partial charge is 0.214 e. The van der Waals surface area contributed by atoms with Crippen LogP contribution in [-0.2, 0) is 11.3 Å². The largest absolute Gasteiger partial charge is 0.473 e. The molecule has 2 heterocycles. The minimum Gasteiger partial charge on any atom is -0.473 e. The Labute approximate surface area is 130 Å². The first kappa shape index (κ1) is 14.3. The van der Waals surface area contributed by atoms with Gasteiger partial charge in [0.15, 0.2) is 0 Å². The van der Waals surface area contributed by atoms with Crippen molar-refractivity contribution in [1.82, 2.24) is 9.80 Å². The minimum atomic E-state index is 0.513. The highest BCUT2D eigenvalue weighted by Crippen LogP contribution is 2.24. The summed E-state index contributed by atoms with van der Waals surface area (Å²) in [7, 11) is 2.13. The Bertz CT molecular complexity index is 567. The fourth-order valence-electron chi connectivity index (χ4n) is 2.57. The maximum atomic E-state index is 5.88. The van der Waals surface area contributed by atoms with Crippen molar-refractivity contribution in [3.05, 3.63) is 46.7 Å². The molecular weight excluding hydrogens is 286 g/mol. The van der Waals surface area contributed by atoms with Gasteiger partial charge in [-0.2, -0.15) is 0 Å². The van der Waals surface area contributed by atoms with Gasteiger partial charge in [0, 0.05) is 30.7 Å². The zero-order valence-corrected chi connectivity index (χ0v) is 13.2. The van der Waals surface area contributed by atoms with E-state index in [1.54, 1.807) is 0 Å². The van der Waals surface area contributed by atoms with Gasteiger partial charge in [0.1, 0.15) is 19.1 Å². The summed E-state index contributed by atoms with van der Waals surface area (Å²) in [5, 5.41) is 0.740. The van der Waals surface area contributed by atoms with Crippen LogP contribution in [0.4, 0.5) is 0 Å². The average Bonchev–Trinajstić information content (AvgIpc) is 2.51. The molecular formula is C16H20ClN3O. The molecule has 0 spiro atoms. The maximum Gasteiger partial charge on any atom is 0.214 e. The van der Waals surface area contributed by atoms with Crippen LogP contribution in [-0.4, -0.2) is 42.0 Å². The predicted molar refractivity (Wildman–Crippen MR) is 85.2 cm³/mol. The number of ether oxygens (including phenoxy) is 1. The number of aliphatic imine (C=N–C) groups is 1. The second kappa shape index (κ2) is 5.98. The molecule has 0 aliphatic carbocycles. The number of nitrogens with zero attached hydrogens (tertiary/aromatic N) is 3. The van der Waals surface area contributed by atoms with Crippen molar-refractivity contribution < 1.29 is 4.74 Å². The Morgan fingerprint density at radius 3 is 2.86 bits per heavy atom. The summed E-state index contributed by atoms with van der Waals surface area (Å²) in [6.45, 7) is 4.50. The van der Waals surface area contributed by atoms with Crippen LogP contribution >= 0.6 is 11.6 Å². The Morgan fingerprint density at radius 1 is 1.33 bits per heavy atom. The molecule has 2 aliphatic rings. The van der Waals surface area contributed by atoms with Crippen LogP contribution in [0, 0.1) is 0 Å². The molecule has 1 fully saturated rings. The lowest BCUT2D eigenvalue weighted by Crippen LogP contribution is -2.47. The van der Waals surface area contributed by atoms with Crippen LogP contribution in [0.15, 0.2) is 41.2 Å². The molecule has 0 saturated carbocycles. The van der Waals surface area contributed by atoms with E-state index < -0.39 is 0 Å². The molecule has 21 heavy (non-hydrogen) atoms. The summed E-state index contributed by atoms with van der Waals surface area (Å²) in [5.41, 5.74) is 1.09. The molecule has 0 bridgehead atoms. The standard InChI is InChI=1S/C16H20ClN3O/c1-12-7-8-20-11-18-15(9-16(20)19(12)2)21-10-13-3-5-14(17)6-4-13/h3-6,9,12H,7-8,10-11H2,1-2H3/t12-/m1/s1. The van der Waals surface area contributed by atoms with Crippen molar-refractivity contribution in [1.29, 1.82) is 0 Å². The van der Waals surface area contributed by atoms with E-state index in [1.807, 2.05) is 30.3 Å². The van der Waals surface area contributed by atoms with Crippen LogP contribution in [0.3, 0.4) is 0 Å². The Hall–Kier alpha value is -1.68. The number of fused-ring (bicyclic) bond motifs is 1. The van der Waals surface area contributed by atoms with Crippen molar-refractivity contribution in [2.24, 2.45) is 4.99 Å². The van der Waals surface area contributed by atoms with E-state index in [0.717, 1.165) is 17.1 Å². The van der Waals surface area contributed by atoms with Gasteiger partial charge in [-0.1, -0.05) is 23.7 Å². The molecule has 1 atom stereocenters. The number of benzene rings is 1. The van der Waals surface area contributed by atoms with E-state index in [0.29, 0.717) is 25.2 Å². The predicted octanol–water partition coefficient (Wildman–Crippen LogP) is 3.09.